The van der Waals surface area contributed by atoms with Crippen LogP contribution in [0.1, 0.15) is 21.7 Å². The van der Waals surface area contributed by atoms with E-state index in [1.165, 1.54) is 24.5 Å². The SMILES string of the molecule is Cc1cccc(OCC(=O)N/N=C/c2cc([N+](=O)[O-])cc(Br)c2OC(=O)c2ccco2)c1. The van der Waals surface area contributed by atoms with Gasteiger partial charge in [0.05, 0.1) is 21.9 Å². The van der Waals surface area contributed by atoms with Crippen LogP contribution in [0, 0.1) is 17.0 Å². The molecule has 0 bridgehead atoms. The molecule has 1 N–H and O–H groups in total. The molecular weight excluding hydrogens is 486 g/mol. The summed E-state index contributed by atoms with van der Waals surface area (Å²) in [5.74, 6) is -0.930. The van der Waals surface area contributed by atoms with E-state index in [1.807, 2.05) is 13.0 Å². The van der Waals surface area contributed by atoms with E-state index >= 15 is 0 Å². The molecule has 0 saturated heterocycles. The highest BCUT2D eigenvalue weighted by molar-refractivity contribution is 9.10. The Kier molecular flexibility index (Phi) is 7.34. The van der Waals surface area contributed by atoms with E-state index < -0.39 is 16.8 Å². The number of nitrogens with one attached hydrogen (secondary N) is 1. The van der Waals surface area contributed by atoms with Crippen molar-refractivity contribution in [2.75, 3.05) is 6.61 Å². The highest BCUT2D eigenvalue weighted by Crippen LogP contribution is 2.33. The maximum atomic E-state index is 12.2. The van der Waals surface area contributed by atoms with Crippen LogP contribution in [0.15, 0.2) is 68.8 Å². The standard InChI is InChI=1S/C21H16BrN3O7/c1-13-4-2-5-16(8-13)31-12-19(26)24-23-11-14-9-15(25(28)29)10-17(22)20(14)32-21(27)18-6-3-7-30-18/h2-11H,12H2,1H3,(H,24,26)/b23-11+. The Morgan fingerprint density at radius 2 is 2.06 bits per heavy atom. The summed E-state index contributed by atoms with van der Waals surface area (Å²) in [6.45, 7) is 1.60. The molecule has 11 heteroatoms. The molecule has 164 valence electrons. The molecule has 0 spiro atoms. The number of nitro groups is 1. The lowest BCUT2D eigenvalue weighted by Crippen LogP contribution is -2.24. The number of amides is 1. The first-order valence-corrected chi connectivity index (χ1v) is 9.88. The third-order valence-electron chi connectivity index (χ3n) is 3.94. The molecule has 0 atom stereocenters. The Hall–Kier alpha value is -3.99. The highest BCUT2D eigenvalue weighted by atomic mass is 79.9. The molecular formula is C21H16BrN3O7. The normalized spacial score (nSPS) is 10.7. The number of non-ortho nitro benzene ring substituents is 1. The Morgan fingerprint density at radius 3 is 2.75 bits per heavy atom. The van der Waals surface area contributed by atoms with Crippen LogP contribution < -0.4 is 14.9 Å². The summed E-state index contributed by atoms with van der Waals surface area (Å²) in [4.78, 5) is 34.8. The van der Waals surface area contributed by atoms with Crippen LogP contribution >= 0.6 is 15.9 Å². The molecule has 3 aromatic rings. The van der Waals surface area contributed by atoms with E-state index in [4.69, 9.17) is 13.9 Å². The third-order valence-corrected chi connectivity index (χ3v) is 4.53. The van der Waals surface area contributed by atoms with Crippen LogP contribution in [0.3, 0.4) is 0 Å². The fourth-order valence-corrected chi connectivity index (χ4v) is 3.05. The van der Waals surface area contributed by atoms with Gasteiger partial charge in [-0.1, -0.05) is 12.1 Å². The number of hydrazone groups is 1. The fraction of sp³-hybridized carbons (Fsp3) is 0.0952. The molecule has 2 aromatic carbocycles. The van der Waals surface area contributed by atoms with E-state index in [-0.39, 0.29) is 33.8 Å². The lowest BCUT2D eigenvalue weighted by Gasteiger charge is -2.09. The van der Waals surface area contributed by atoms with Gasteiger partial charge in [0, 0.05) is 17.7 Å². The second kappa shape index (κ2) is 10.4. The molecule has 10 nitrogen and oxygen atoms in total. The number of carbonyl (C=O) groups excluding carboxylic acids is 2. The topological polar surface area (TPSA) is 133 Å². The van der Waals surface area contributed by atoms with Crippen LogP contribution in [-0.4, -0.2) is 29.6 Å². The predicted molar refractivity (Wildman–Crippen MR) is 117 cm³/mol. The van der Waals surface area contributed by atoms with Crippen molar-refractivity contribution in [3.05, 3.63) is 86.3 Å². The first kappa shape index (κ1) is 22.7. The van der Waals surface area contributed by atoms with Gasteiger partial charge in [0.1, 0.15) is 5.75 Å². The molecule has 1 heterocycles. The van der Waals surface area contributed by atoms with Crippen molar-refractivity contribution in [2.24, 2.45) is 5.10 Å². The molecule has 0 fully saturated rings. The van der Waals surface area contributed by atoms with Gasteiger partial charge < -0.3 is 13.9 Å². The molecule has 1 aromatic heterocycles. The zero-order valence-corrected chi connectivity index (χ0v) is 18.2. The zero-order valence-electron chi connectivity index (χ0n) is 16.6. The van der Waals surface area contributed by atoms with Gasteiger partial charge in [-0.25, -0.2) is 10.2 Å². The Morgan fingerprint density at radius 1 is 1.25 bits per heavy atom. The number of ether oxygens (including phenoxy) is 2. The van der Waals surface area contributed by atoms with Gasteiger partial charge in [0.15, 0.2) is 12.4 Å². The minimum atomic E-state index is -0.810. The van der Waals surface area contributed by atoms with Gasteiger partial charge in [-0.05, 0) is 52.7 Å². The number of nitrogens with zero attached hydrogens (tertiary/aromatic N) is 2. The molecule has 0 aliphatic carbocycles. The number of halogens is 1. The summed E-state index contributed by atoms with van der Waals surface area (Å²) in [6, 6.07) is 12.4. The number of furan rings is 1. The summed E-state index contributed by atoms with van der Waals surface area (Å²) < 4.78 is 15.8. The van der Waals surface area contributed by atoms with Gasteiger partial charge in [-0.3, -0.25) is 14.9 Å². The van der Waals surface area contributed by atoms with Gasteiger partial charge >= 0.3 is 5.97 Å². The fourth-order valence-electron chi connectivity index (χ4n) is 2.51. The van der Waals surface area contributed by atoms with Gasteiger partial charge in [-0.2, -0.15) is 5.10 Å². The van der Waals surface area contributed by atoms with Crippen molar-refractivity contribution in [2.45, 2.75) is 6.92 Å². The van der Waals surface area contributed by atoms with Crippen molar-refractivity contribution in [1.29, 1.82) is 0 Å². The zero-order chi connectivity index (χ0) is 23.1. The number of rotatable bonds is 8. The number of benzene rings is 2. The van der Waals surface area contributed by atoms with Crippen LogP contribution in [0.2, 0.25) is 0 Å². The number of esters is 1. The molecule has 0 radical (unpaired) electrons. The molecule has 1 amide bonds. The molecule has 3 rings (SSSR count). The van der Waals surface area contributed by atoms with Crippen LogP contribution in [-0.2, 0) is 4.79 Å². The van der Waals surface area contributed by atoms with Crippen LogP contribution in [0.5, 0.6) is 11.5 Å². The number of nitro benzene ring substituents is 1. The van der Waals surface area contributed by atoms with Crippen molar-refractivity contribution < 1.29 is 28.4 Å². The van der Waals surface area contributed by atoms with Crippen molar-refractivity contribution in [3.63, 3.8) is 0 Å². The van der Waals surface area contributed by atoms with Gasteiger partial charge in [-0.15, -0.1) is 0 Å². The van der Waals surface area contributed by atoms with Crippen molar-refractivity contribution in [1.82, 2.24) is 5.43 Å². The van der Waals surface area contributed by atoms with Crippen molar-refractivity contribution >= 4 is 39.7 Å². The second-order valence-electron chi connectivity index (χ2n) is 6.37. The van der Waals surface area contributed by atoms with E-state index in [0.29, 0.717) is 5.75 Å². The molecule has 0 unspecified atom stereocenters. The Balaban J connectivity index is 1.72. The number of hydrogen-bond acceptors (Lipinski definition) is 8. The number of aryl methyl sites for hydroxylation is 1. The Labute approximate surface area is 190 Å². The smallest absolute Gasteiger partial charge is 0.379 e. The summed E-state index contributed by atoms with van der Waals surface area (Å²) in [6.07, 6.45) is 2.42. The molecule has 0 aliphatic rings. The van der Waals surface area contributed by atoms with Gasteiger partial charge in [0.25, 0.3) is 11.6 Å². The van der Waals surface area contributed by atoms with Gasteiger partial charge in [0.2, 0.25) is 5.76 Å². The summed E-state index contributed by atoms with van der Waals surface area (Å²) in [7, 11) is 0. The van der Waals surface area contributed by atoms with E-state index in [9.17, 15) is 19.7 Å². The van der Waals surface area contributed by atoms with E-state index in [1.54, 1.807) is 18.2 Å². The average Bonchev–Trinajstić information content (AvgIpc) is 3.29. The molecule has 0 aliphatic heterocycles. The summed E-state index contributed by atoms with van der Waals surface area (Å²) >= 11 is 3.15. The first-order chi connectivity index (χ1) is 15.3. The quantitative estimate of drug-likeness (QED) is 0.162. The average molecular weight is 502 g/mol. The maximum absolute atomic E-state index is 12.2. The number of hydrogen-bond donors (Lipinski definition) is 1. The minimum absolute atomic E-state index is 0.0361. The van der Waals surface area contributed by atoms with Crippen LogP contribution in [0.25, 0.3) is 0 Å². The Bertz CT molecular complexity index is 1180. The van der Waals surface area contributed by atoms with Crippen LogP contribution in [0.4, 0.5) is 5.69 Å². The third kappa shape index (κ3) is 6.01. The predicted octanol–water partition coefficient (Wildman–Crippen LogP) is 4.01. The first-order valence-electron chi connectivity index (χ1n) is 9.08. The van der Waals surface area contributed by atoms with E-state index in [0.717, 1.165) is 17.8 Å². The maximum Gasteiger partial charge on any atom is 0.379 e. The largest absolute Gasteiger partial charge is 0.484 e. The molecule has 0 saturated carbocycles. The lowest BCUT2D eigenvalue weighted by molar-refractivity contribution is -0.385. The minimum Gasteiger partial charge on any atom is -0.484 e. The summed E-state index contributed by atoms with van der Waals surface area (Å²) in [5, 5.41) is 15.0. The highest BCUT2D eigenvalue weighted by Gasteiger charge is 2.20. The second-order valence-corrected chi connectivity index (χ2v) is 7.22. The monoisotopic (exact) mass is 501 g/mol. The number of carbonyl (C=O) groups is 2. The van der Waals surface area contributed by atoms with E-state index in [2.05, 4.69) is 26.5 Å². The van der Waals surface area contributed by atoms with Crippen molar-refractivity contribution in [3.8, 4) is 11.5 Å². The summed E-state index contributed by atoms with van der Waals surface area (Å²) in [5.41, 5.74) is 3.04. The lowest BCUT2D eigenvalue weighted by atomic mass is 10.2. The molecule has 32 heavy (non-hydrogen) atoms.